The Bertz CT molecular complexity index is 1150. The van der Waals surface area contributed by atoms with Crippen molar-refractivity contribution in [1.82, 2.24) is 14.8 Å². The van der Waals surface area contributed by atoms with Gasteiger partial charge in [-0.15, -0.1) is 16.8 Å². The minimum Gasteiger partial charge on any atom is -0.326 e. The van der Waals surface area contributed by atoms with Crippen molar-refractivity contribution in [3.63, 3.8) is 0 Å². The van der Waals surface area contributed by atoms with Crippen LogP contribution < -0.4 is 10.2 Å². The number of aromatic nitrogens is 3. The molecular formula is C23H22FN5O2S. The Kier molecular flexibility index (Phi) is 6.65. The predicted molar refractivity (Wildman–Crippen MR) is 122 cm³/mol. The smallest absolute Gasteiger partial charge is 0.237 e. The van der Waals surface area contributed by atoms with Gasteiger partial charge in [0.2, 0.25) is 11.8 Å². The van der Waals surface area contributed by atoms with Crippen LogP contribution in [0.4, 0.5) is 15.8 Å². The standard InChI is InChI=1S/C23H22FN5O2S/c1-2-12-29-20(14-21(30)25-18-9-7-17(24)8-10-18)26-27-23(29)32-15-22(31)28-13-11-16-5-3-4-6-19(16)28/h2-10H,1,11-15H2,(H,25,30). The first-order valence-corrected chi connectivity index (χ1v) is 11.1. The normalized spacial score (nSPS) is 12.5. The summed E-state index contributed by atoms with van der Waals surface area (Å²) in [6.07, 6.45) is 2.53. The van der Waals surface area contributed by atoms with E-state index in [4.69, 9.17) is 0 Å². The molecule has 0 saturated heterocycles. The third kappa shape index (κ3) is 4.88. The molecule has 9 heteroatoms. The molecule has 1 N–H and O–H groups in total. The van der Waals surface area contributed by atoms with E-state index in [1.807, 2.05) is 24.3 Å². The van der Waals surface area contributed by atoms with Crippen molar-refractivity contribution in [1.29, 1.82) is 0 Å². The molecule has 0 atom stereocenters. The molecule has 2 amide bonds. The number of carbonyl (C=O) groups excluding carboxylic acids is 2. The van der Waals surface area contributed by atoms with E-state index in [9.17, 15) is 14.0 Å². The molecule has 0 radical (unpaired) electrons. The first-order valence-electron chi connectivity index (χ1n) is 10.1. The Balaban J connectivity index is 1.40. The third-order valence-corrected chi connectivity index (χ3v) is 6.02. The maximum absolute atomic E-state index is 13.0. The van der Waals surface area contributed by atoms with E-state index in [0.29, 0.717) is 29.8 Å². The fourth-order valence-corrected chi connectivity index (χ4v) is 4.40. The quantitative estimate of drug-likeness (QED) is 0.419. The minimum absolute atomic E-state index is 0.00343. The van der Waals surface area contributed by atoms with E-state index >= 15 is 0 Å². The number of rotatable bonds is 8. The van der Waals surface area contributed by atoms with Gasteiger partial charge in [0.05, 0.1) is 12.2 Å². The van der Waals surface area contributed by atoms with E-state index in [0.717, 1.165) is 12.1 Å². The van der Waals surface area contributed by atoms with Crippen LogP contribution in [0.25, 0.3) is 0 Å². The Hall–Kier alpha value is -3.46. The number of halogens is 1. The number of allylic oxidation sites excluding steroid dienone is 1. The number of nitrogens with zero attached hydrogens (tertiary/aromatic N) is 4. The number of benzene rings is 2. The fourth-order valence-electron chi connectivity index (χ4n) is 3.55. The number of para-hydroxylation sites is 1. The van der Waals surface area contributed by atoms with Crippen LogP contribution in [-0.2, 0) is 29.0 Å². The third-order valence-electron chi connectivity index (χ3n) is 5.06. The highest BCUT2D eigenvalue weighted by molar-refractivity contribution is 7.99. The molecule has 4 rings (SSSR count). The van der Waals surface area contributed by atoms with Gasteiger partial charge < -0.3 is 14.8 Å². The highest BCUT2D eigenvalue weighted by Crippen LogP contribution is 2.29. The minimum atomic E-state index is -0.373. The summed E-state index contributed by atoms with van der Waals surface area (Å²) in [7, 11) is 0. The van der Waals surface area contributed by atoms with Gasteiger partial charge in [-0.3, -0.25) is 9.59 Å². The lowest BCUT2D eigenvalue weighted by atomic mass is 10.2. The van der Waals surface area contributed by atoms with E-state index < -0.39 is 0 Å². The molecule has 1 aliphatic rings. The van der Waals surface area contributed by atoms with Crippen LogP contribution in [0.2, 0.25) is 0 Å². The van der Waals surface area contributed by atoms with Crippen LogP contribution >= 0.6 is 11.8 Å². The summed E-state index contributed by atoms with van der Waals surface area (Å²) >= 11 is 1.29. The summed E-state index contributed by atoms with van der Waals surface area (Å²) in [5, 5.41) is 11.6. The van der Waals surface area contributed by atoms with Crippen molar-refractivity contribution in [2.24, 2.45) is 0 Å². The number of hydrogen-bond acceptors (Lipinski definition) is 5. The molecule has 0 saturated carbocycles. The van der Waals surface area contributed by atoms with Gasteiger partial charge in [-0.05, 0) is 42.3 Å². The summed E-state index contributed by atoms with van der Waals surface area (Å²) < 4.78 is 14.8. The highest BCUT2D eigenvalue weighted by atomic mass is 32.2. The Morgan fingerprint density at radius 3 is 2.72 bits per heavy atom. The molecule has 1 aliphatic heterocycles. The molecule has 7 nitrogen and oxygen atoms in total. The van der Waals surface area contributed by atoms with Crippen LogP contribution in [0.1, 0.15) is 11.4 Å². The molecule has 2 heterocycles. The zero-order valence-corrected chi connectivity index (χ0v) is 18.1. The largest absolute Gasteiger partial charge is 0.326 e. The zero-order chi connectivity index (χ0) is 22.5. The number of anilines is 2. The van der Waals surface area contributed by atoms with Gasteiger partial charge in [0.15, 0.2) is 5.16 Å². The maximum Gasteiger partial charge on any atom is 0.237 e. The lowest BCUT2D eigenvalue weighted by Crippen LogP contribution is -2.30. The summed E-state index contributed by atoms with van der Waals surface area (Å²) in [6, 6.07) is 13.5. The number of hydrogen-bond donors (Lipinski definition) is 1. The second-order valence-electron chi connectivity index (χ2n) is 7.24. The van der Waals surface area contributed by atoms with Crippen molar-refractivity contribution in [3.8, 4) is 0 Å². The SMILES string of the molecule is C=CCn1c(CC(=O)Nc2ccc(F)cc2)nnc1SCC(=O)N1CCc2ccccc21. The lowest BCUT2D eigenvalue weighted by molar-refractivity contribution is -0.116. The summed E-state index contributed by atoms with van der Waals surface area (Å²) in [5.41, 5.74) is 2.64. The average molecular weight is 452 g/mol. The van der Waals surface area contributed by atoms with E-state index in [1.165, 1.54) is 41.6 Å². The van der Waals surface area contributed by atoms with Crippen LogP contribution in [0, 0.1) is 5.82 Å². The fraction of sp³-hybridized carbons (Fsp3) is 0.217. The predicted octanol–water partition coefficient (Wildman–Crippen LogP) is 3.47. The average Bonchev–Trinajstić information content (AvgIpc) is 3.38. The second-order valence-corrected chi connectivity index (χ2v) is 8.19. The monoisotopic (exact) mass is 451 g/mol. The molecule has 0 spiro atoms. The Morgan fingerprint density at radius 2 is 1.94 bits per heavy atom. The van der Waals surface area contributed by atoms with Crippen LogP contribution in [0.3, 0.4) is 0 Å². The van der Waals surface area contributed by atoms with Crippen LogP contribution in [0.15, 0.2) is 66.3 Å². The first kappa shape index (κ1) is 21.8. The van der Waals surface area contributed by atoms with Gasteiger partial charge in [-0.1, -0.05) is 36.0 Å². The summed E-state index contributed by atoms with van der Waals surface area (Å²) in [4.78, 5) is 27.0. The van der Waals surface area contributed by atoms with Crippen molar-refractivity contribution in [2.45, 2.75) is 24.5 Å². The van der Waals surface area contributed by atoms with Crippen LogP contribution in [0.5, 0.6) is 0 Å². The Morgan fingerprint density at radius 1 is 1.16 bits per heavy atom. The van der Waals surface area contributed by atoms with Gasteiger partial charge >= 0.3 is 0 Å². The summed E-state index contributed by atoms with van der Waals surface area (Å²) in [6.45, 7) is 4.84. The molecule has 0 unspecified atom stereocenters. The van der Waals surface area contributed by atoms with E-state index in [2.05, 4.69) is 22.1 Å². The highest BCUT2D eigenvalue weighted by Gasteiger charge is 2.25. The molecule has 2 aromatic carbocycles. The van der Waals surface area contributed by atoms with Crippen molar-refractivity contribution in [2.75, 3.05) is 22.5 Å². The van der Waals surface area contributed by atoms with Gasteiger partial charge in [0.1, 0.15) is 11.6 Å². The lowest BCUT2D eigenvalue weighted by Gasteiger charge is -2.17. The topological polar surface area (TPSA) is 80.1 Å². The zero-order valence-electron chi connectivity index (χ0n) is 17.3. The van der Waals surface area contributed by atoms with Crippen LogP contribution in [-0.4, -0.2) is 38.9 Å². The van der Waals surface area contributed by atoms with Crippen molar-refractivity contribution in [3.05, 3.63) is 78.4 Å². The number of thioether (sulfide) groups is 1. The van der Waals surface area contributed by atoms with Gasteiger partial charge in [-0.2, -0.15) is 0 Å². The molecule has 3 aromatic rings. The molecule has 0 fully saturated rings. The van der Waals surface area contributed by atoms with Gasteiger partial charge in [0.25, 0.3) is 0 Å². The molecule has 164 valence electrons. The second kappa shape index (κ2) is 9.78. The van der Waals surface area contributed by atoms with Gasteiger partial charge in [-0.25, -0.2) is 4.39 Å². The molecular weight excluding hydrogens is 429 g/mol. The van der Waals surface area contributed by atoms with E-state index in [1.54, 1.807) is 15.5 Å². The van der Waals surface area contributed by atoms with Crippen molar-refractivity contribution < 1.29 is 14.0 Å². The summed E-state index contributed by atoms with van der Waals surface area (Å²) in [5.74, 6) is 0.0124. The maximum atomic E-state index is 13.0. The van der Waals surface area contributed by atoms with Gasteiger partial charge in [0, 0.05) is 24.5 Å². The number of amides is 2. The molecule has 1 aromatic heterocycles. The van der Waals surface area contributed by atoms with E-state index in [-0.39, 0.29) is 29.8 Å². The number of fused-ring (bicyclic) bond motifs is 1. The molecule has 0 aliphatic carbocycles. The number of nitrogens with one attached hydrogen (secondary N) is 1. The first-order chi connectivity index (χ1) is 15.5. The van der Waals surface area contributed by atoms with Crippen molar-refractivity contribution >= 4 is 35.0 Å². The Labute approximate surface area is 189 Å². The molecule has 0 bridgehead atoms. The molecule has 32 heavy (non-hydrogen) atoms. The number of carbonyl (C=O) groups is 2.